The van der Waals surface area contributed by atoms with Gasteiger partial charge in [0.15, 0.2) is 0 Å². The Kier molecular flexibility index (Phi) is 5.37. The lowest BCUT2D eigenvalue weighted by Crippen LogP contribution is -2.40. The van der Waals surface area contributed by atoms with Crippen LogP contribution in [0.5, 0.6) is 0 Å². The second kappa shape index (κ2) is 7.52. The number of likely N-dealkylation sites (N-methyl/N-ethyl adjacent to an activating group) is 1. The van der Waals surface area contributed by atoms with Gasteiger partial charge < -0.3 is 4.90 Å². The van der Waals surface area contributed by atoms with Crippen molar-refractivity contribution in [1.82, 2.24) is 4.90 Å². The lowest BCUT2D eigenvalue weighted by Gasteiger charge is -2.44. The van der Waals surface area contributed by atoms with Crippen LogP contribution in [0.4, 0.5) is 0 Å². The molecule has 1 aliphatic heterocycles. The van der Waals surface area contributed by atoms with Crippen molar-refractivity contribution in [3.8, 4) is 0 Å². The number of nitrogens with zero attached hydrogens (tertiary/aromatic N) is 2. The van der Waals surface area contributed by atoms with Crippen molar-refractivity contribution >= 4 is 28.3 Å². The summed E-state index contributed by atoms with van der Waals surface area (Å²) in [5.74, 6) is 0. The summed E-state index contributed by atoms with van der Waals surface area (Å²) in [4.78, 5) is 14.5. The maximum Gasteiger partial charge on any atom is 0.0406 e. The van der Waals surface area contributed by atoms with Gasteiger partial charge in [0.25, 0.3) is 0 Å². The fourth-order valence-electron chi connectivity index (χ4n) is 2.87. The molecule has 3 rings (SSSR count). The van der Waals surface area contributed by atoms with E-state index in [0.717, 1.165) is 16.0 Å². The predicted molar refractivity (Wildman–Crippen MR) is 104 cm³/mol. The highest BCUT2D eigenvalue weighted by Crippen LogP contribution is 2.51. The van der Waals surface area contributed by atoms with E-state index in [0.29, 0.717) is 11.1 Å². The van der Waals surface area contributed by atoms with E-state index in [1.54, 1.807) is 0 Å². The van der Waals surface area contributed by atoms with Crippen LogP contribution in [0.1, 0.15) is 16.4 Å². The van der Waals surface area contributed by atoms with Gasteiger partial charge in [0.05, 0.1) is 0 Å². The van der Waals surface area contributed by atoms with E-state index in [1.807, 2.05) is 79.7 Å². The summed E-state index contributed by atoms with van der Waals surface area (Å²) in [7, 11) is 3.73. The van der Waals surface area contributed by atoms with E-state index in [9.17, 15) is 10.1 Å². The van der Waals surface area contributed by atoms with Gasteiger partial charge in [-0.05, 0) is 49.1 Å². The van der Waals surface area contributed by atoms with Crippen LogP contribution >= 0.6 is 23.4 Å². The topological polar surface area (TPSA) is 46.4 Å². The summed E-state index contributed by atoms with van der Waals surface area (Å²) >= 11 is 7.50. The average molecular weight is 374 g/mol. The van der Waals surface area contributed by atoms with E-state index in [-0.39, 0.29) is 16.2 Å². The lowest BCUT2D eigenvalue weighted by molar-refractivity contribution is -0.473. The van der Waals surface area contributed by atoms with Crippen LogP contribution in [0, 0.1) is 16.2 Å². The number of benzene rings is 2. The second-order valence-electron chi connectivity index (χ2n) is 6.04. The molecule has 2 aromatic rings. The smallest absolute Gasteiger partial charge is 0.0406 e. The summed E-state index contributed by atoms with van der Waals surface area (Å²) in [6.07, 6.45) is 1.96. The molecular weight excluding hydrogens is 356 g/mol. The van der Waals surface area contributed by atoms with E-state index in [4.69, 9.17) is 11.6 Å². The molecule has 0 spiro atoms. The molecule has 2 aromatic carbocycles. The van der Waals surface area contributed by atoms with Gasteiger partial charge in [-0.2, -0.15) is 0 Å². The molecule has 0 fully saturated rings. The standard InChI is InChI=1S/C19H18ClN2O2S/c1-21(2)16-12-17(13-8-10-15(20)11-9-13)25-19(18(16)22(23)24)14-6-4-3-5-7-14/h3-12,16,19H,1-2H3/q-1. The van der Waals surface area contributed by atoms with Crippen molar-refractivity contribution in [3.63, 3.8) is 0 Å². The predicted octanol–water partition coefficient (Wildman–Crippen LogP) is 4.91. The molecule has 0 saturated heterocycles. The quantitative estimate of drug-likeness (QED) is 0.434. The fourth-order valence-corrected chi connectivity index (χ4v) is 4.37. The van der Waals surface area contributed by atoms with Crippen molar-refractivity contribution in [2.75, 3.05) is 14.1 Å². The molecule has 4 nitrogen and oxygen atoms in total. The normalized spacial score (nSPS) is 20.5. The highest BCUT2D eigenvalue weighted by atomic mass is 35.5. The molecule has 130 valence electrons. The summed E-state index contributed by atoms with van der Waals surface area (Å²) in [5, 5.41) is 12.2. The molecule has 0 radical (unpaired) electrons. The van der Waals surface area contributed by atoms with Crippen LogP contribution < -0.4 is 0 Å². The zero-order valence-electron chi connectivity index (χ0n) is 13.9. The van der Waals surface area contributed by atoms with Gasteiger partial charge in [-0.25, -0.2) is 0 Å². The van der Waals surface area contributed by atoms with Crippen molar-refractivity contribution in [2.24, 2.45) is 0 Å². The molecule has 0 aliphatic carbocycles. The van der Waals surface area contributed by atoms with Crippen LogP contribution in [0.15, 0.2) is 60.7 Å². The van der Waals surface area contributed by atoms with Gasteiger partial charge in [-0.3, -0.25) is 10.1 Å². The maximum absolute atomic E-state index is 11.8. The number of nitro groups is 1. The Morgan fingerprint density at radius 1 is 1.12 bits per heavy atom. The zero-order chi connectivity index (χ0) is 18.0. The molecule has 1 aliphatic rings. The largest absolute Gasteiger partial charge is 0.324 e. The van der Waals surface area contributed by atoms with Gasteiger partial charge in [0.2, 0.25) is 0 Å². The highest BCUT2D eigenvalue weighted by Gasteiger charge is 2.33. The Hall–Kier alpha value is -1.95. The Morgan fingerprint density at radius 3 is 2.32 bits per heavy atom. The number of hydrogen-bond acceptors (Lipinski definition) is 4. The number of rotatable bonds is 4. The van der Waals surface area contributed by atoms with Gasteiger partial charge >= 0.3 is 0 Å². The SMILES string of the molecule is CN(C)C1C=C(c2ccc(Cl)cc2)SC(c2ccccc2)[C-]1[N+](=O)[O-]. The van der Waals surface area contributed by atoms with Crippen molar-refractivity contribution in [2.45, 2.75) is 11.3 Å². The minimum Gasteiger partial charge on any atom is -0.324 e. The molecule has 0 N–H and O–H groups in total. The molecule has 0 aromatic heterocycles. The van der Waals surface area contributed by atoms with Crippen molar-refractivity contribution in [1.29, 1.82) is 0 Å². The van der Waals surface area contributed by atoms with Gasteiger partial charge in [0.1, 0.15) is 0 Å². The highest BCUT2D eigenvalue weighted by molar-refractivity contribution is 8.08. The summed E-state index contributed by atoms with van der Waals surface area (Å²) in [6.45, 7) is 0. The summed E-state index contributed by atoms with van der Waals surface area (Å²) in [5.41, 5.74) is 1.95. The first-order chi connectivity index (χ1) is 12.0. The maximum atomic E-state index is 11.8. The number of thioether (sulfide) groups is 1. The second-order valence-corrected chi connectivity index (χ2v) is 7.62. The number of halogens is 1. The first-order valence-corrected chi connectivity index (χ1v) is 9.10. The Bertz CT molecular complexity index is 778. The average Bonchev–Trinajstić information content (AvgIpc) is 2.61. The minimum absolute atomic E-state index is 0.232. The van der Waals surface area contributed by atoms with E-state index < -0.39 is 0 Å². The minimum atomic E-state index is -0.368. The Balaban J connectivity index is 2.07. The van der Waals surface area contributed by atoms with Crippen molar-refractivity contribution in [3.05, 3.63) is 93.0 Å². The van der Waals surface area contributed by atoms with E-state index in [2.05, 4.69) is 0 Å². The molecule has 0 saturated carbocycles. The van der Waals surface area contributed by atoms with E-state index >= 15 is 0 Å². The van der Waals surface area contributed by atoms with Crippen molar-refractivity contribution < 1.29 is 4.92 Å². The van der Waals surface area contributed by atoms with Crippen LogP contribution in [0.3, 0.4) is 0 Å². The number of hydrogen-bond donors (Lipinski definition) is 0. The van der Waals surface area contributed by atoms with E-state index in [1.165, 1.54) is 11.8 Å². The molecule has 0 bridgehead atoms. The summed E-state index contributed by atoms with van der Waals surface area (Å²) < 4.78 is 0. The molecule has 1 heterocycles. The van der Waals surface area contributed by atoms with Crippen LogP contribution in [0.2, 0.25) is 5.02 Å². The van der Waals surface area contributed by atoms with Crippen LogP contribution in [0.25, 0.3) is 4.91 Å². The summed E-state index contributed by atoms with van der Waals surface area (Å²) in [6, 6.07) is 17.1. The Labute approximate surface area is 156 Å². The fraction of sp³-hybridized carbons (Fsp3) is 0.211. The molecular formula is C19H18ClN2O2S-. The van der Waals surface area contributed by atoms with Crippen LogP contribution in [-0.4, -0.2) is 30.0 Å². The van der Waals surface area contributed by atoms with Gasteiger partial charge in [0, 0.05) is 9.93 Å². The molecule has 0 amide bonds. The van der Waals surface area contributed by atoms with Crippen LogP contribution in [-0.2, 0) is 0 Å². The van der Waals surface area contributed by atoms with Gasteiger partial charge in [-0.15, -0.1) is 16.7 Å². The lowest BCUT2D eigenvalue weighted by atomic mass is 9.96. The zero-order valence-corrected chi connectivity index (χ0v) is 15.5. The third-order valence-electron chi connectivity index (χ3n) is 4.12. The first-order valence-electron chi connectivity index (χ1n) is 7.84. The third kappa shape index (κ3) is 3.84. The molecule has 25 heavy (non-hydrogen) atoms. The van der Waals surface area contributed by atoms with Gasteiger partial charge in [-0.1, -0.05) is 65.7 Å². The Morgan fingerprint density at radius 2 is 1.76 bits per heavy atom. The first kappa shape index (κ1) is 17.9. The third-order valence-corrected chi connectivity index (χ3v) is 5.75. The molecule has 2 unspecified atom stereocenters. The molecule has 6 heteroatoms. The monoisotopic (exact) mass is 373 g/mol. The molecule has 2 atom stereocenters.